The van der Waals surface area contributed by atoms with Crippen molar-refractivity contribution in [2.24, 2.45) is 5.73 Å². The molecular weight excluding hydrogens is 348 g/mol. The number of hydrogen-bond acceptors (Lipinski definition) is 4. The van der Waals surface area contributed by atoms with Gasteiger partial charge in [0.05, 0.1) is 5.52 Å². The number of nitrogens with zero attached hydrogens (tertiary/aromatic N) is 2. The number of anilines is 1. The lowest BCUT2D eigenvalue weighted by atomic mass is 10.1. The van der Waals surface area contributed by atoms with Crippen LogP contribution in [0.4, 0.5) is 5.82 Å². The number of hydrogen-bond donors (Lipinski definition) is 2. The molecule has 5 nitrogen and oxygen atoms in total. The lowest BCUT2D eigenvalue weighted by molar-refractivity contribution is -0.114. The summed E-state index contributed by atoms with van der Waals surface area (Å²) in [5.74, 6) is 0.912. The third-order valence-corrected chi connectivity index (χ3v) is 4.42. The van der Waals surface area contributed by atoms with E-state index in [0.29, 0.717) is 23.6 Å². The maximum absolute atomic E-state index is 11.8. The van der Waals surface area contributed by atoms with Gasteiger partial charge in [0.1, 0.15) is 5.82 Å². The number of rotatable bonds is 6. The van der Waals surface area contributed by atoms with Gasteiger partial charge in [-0.2, -0.15) is 0 Å². The maximum atomic E-state index is 11.8. The molecule has 0 saturated carbocycles. The molecule has 0 atom stereocenters. The number of para-hydroxylation sites is 1. The topological polar surface area (TPSA) is 80.9 Å². The molecule has 3 N–H and O–H groups in total. The molecule has 1 heterocycles. The number of carbonyl (C=O) groups excluding carboxylic acids is 1. The van der Waals surface area contributed by atoms with Crippen molar-refractivity contribution in [1.29, 1.82) is 0 Å². The highest BCUT2D eigenvalue weighted by atomic mass is 16.1. The van der Waals surface area contributed by atoms with Crippen LogP contribution in [0.1, 0.15) is 27.2 Å². The lowest BCUT2D eigenvalue weighted by Gasteiger charge is -2.13. The molecule has 0 unspecified atom stereocenters. The minimum absolute atomic E-state index is 0.440. The minimum Gasteiger partial charge on any atom is -0.366 e. The molecule has 3 aromatic rings. The average molecular weight is 372 g/mol. The van der Waals surface area contributed by atoms with Crippen molar-refractivity contribution >= 4 is 22.6 Å². The number of nitrogens with one attached hydrogen (secondary N) is 1. The number of nitrogens with two attached hydrogens (primary N) is 1. The largest absolute Gasteiger partial charge is 0.366 e. The predicted molar refractivity (Wildman–Crippen MR) is 115 cm³/mol. The van der Waals surface area contributed by atoms with Gasteiger partial charge in [-0.15, -0.1) is 0 Å². The van der Waals surface area contributed by atoms with E-state index in [4.69, 9.17) is 15.7 Å². The number of allylic oxidation sites excluding steroid dienone is 2. The van der Waals surface area contributed by atoms with Crippen molar-refractivity contribution in [3.8, 4) is 11.4 Å². The van der Waals surface area contributed by atoms with Gasteiger partial charge in [0, 0.05) is 22.2 Å². The molecular formula is C23H24N4O. The van der Waals surface area contributed by atoms with E-state index in [1.165, 1.54) is 0 Å². The fraction of sp³-hybridized carbons (Fsp3) is 0.174. The molecule has 0 spiro atoms. The Morgan fingerprint density at radius 2 is 1.71 bits per heavy atom. The van der Waals surface area contributed by atoms with Crippen molar-refractivity contribution in [1.82, 2.24) is 9.97 Å². The van der Waals surface area contributed by atoms with Crippen molar-refractivity contribution < 1.29 is 4.79 Å². The van der Waals surface area contributed by atoms with E-state index in [1.54, 1.807) is 6.08 Å². The summed E-state index contributed by atoms with van der Waals surface area (Å²) in [7, 11) is 0. The van der Waals surface area contributed by atoms with E-state index in [0.717, 1.165) is 27.7 Å². The monoisotopic (exact) mass is 372 g/mol. The second-order valence-electron chi connectivity index (χ2n) is 6.71. The Balaban J connectivity index is 2.11. The van der Waals surface area contributed by atoms with Crippen LogP contribution in [0, 0.1) is 0 Å². The molecule has 5 heteroatoms. The Kier molecular flexibility index (Phi) is 5.84. The molecule has 2 aromatic carbocycles. The van der Waals surface area contributed by atoms with Gasteiger partial charge in [-0.05, 0) is 38.5 Å². The van der Waals surface area contributed by atoms with Crippen LogP contribution in [-0.4, -0.2) is 15.9 Å². The molecule has 1 amide bonds. The maximum Gasteiger partial charge on any atom is 0.248 e. The van der Waals surface area contributed by atoms with Crippen molar-refractivity contribution in [2.45, 2.75) is 27.2 Å². The summed E-state index contributed by atoms with van der Waals surface area (Å²) >= 11 is 0. The molecule has 0 bridgehead atoms. The SMILES string of the molecule is CC/C(=C\C(C(N)=O)=C(C)C)Nc1nc(-c2ccccc2)nc2ccccc12. The molecule has 0 aliphatic heterocycles. The number of fused-ring (bicyclic) bond motifs is 1. The van der Waals surface area contributed by atoms with E-state index >= 15 is 0 Å². The van der Waals surface area contributed by atoms with Gasteiger partial charge in [0.25, 0.3) is 0 Å². The van der Waals surface area contributed by atoms with E-state index in [2.05, 4.69) is 5.32 Å². The van der Waals surface area contributed by atoms with Gasteiger partial charge in [0.15, 0.2) is 5.82 Å². The summed E-state index contributed by atoms with van der Waals surface area (Å²) < 4.78 is 0. The normalized spacial score (nSPS) is 11.3. The van der Waals surface area contributed by atoms with Crippen LogP contribution in [0.5, 0.6) is 0 Å². The fourth-order valence-electron chi connectivity index (χ4n) is 2.90. The highest BCUT2D eigenvalue weighted by molar-refractivity contribution is 5.96. The second kappa shape index (κ2) is 8.48. The van der Waals surface area contributed by atoms with Crippen LogP contribution in [-0.2, 0) is 4.79 Å². The zero-order valence-electron chi connectivity index (χ0n) is 16.4. The van der Waals surface area contributed by atoms with E-state index in [9.17, 15) is 4.79 Å². The van der Waals surface area contributed by atoms with Crippen molar-refractivity contribution in [3.63, 3.8) is 0 Å². The molecule has 1 aromatic heterocycles. The Labute approximate surface area is 165 Å². The zero-order valence-corrected chi connectivity index (χ0v) is 16.4. The van der Waals surface area contributed by atoms with Crippen LogP contribution in [0.25, 0.3) is 22.3 Å². The molecule has 0 saturated heterocycles. The summed E-state index contributed by atoms with van der Waals surface area (Å²) in [5, 5.41) is 4.31. The Morgan fingerprint density at radius 1 is 1.04 bits per heavy atom. The molecule has 28 heavy (non-hydrogen) atoms. The summed E-state index contributed by atoms with van der Waals surface area (Å²) in [6.07, 6.45) is 2.50. The lowest BCUT2D eigenvalue weighted by Crippen LogP contribution is -2.15. The van der Waals surface area contributed by atoms with Gasteiger partial charge in [-0.3, -0.25) is 4.79 Å². The van der Waals surface area contributed by atoms with Crippen LogP contribution in [0.15, 0.2) is 77.5 Å². The van der Waals surface area contributed by atoms with Crippen molar-refractivity contribution in [2.75, 3.05) is 5.32 Å². The highest BCUT2D eigenvalue weighted by Crippen LogP contribution is 2.26. The van der Waals surface area contributed by atoms with E-state index in [1.807, 2.05) is 75.4 Å². The zero-order chi connectivity index (χ0) is 20.1. The molecule has 3 rings (SSSR count). The third kappa shape index (κ3) is 4.26. The molecule has 142 valence electrons. The first-order chi connectivity index (χ1) is 13.5. The number of benzene rings is 2. The van der Waals surface area contributed by atoms with E-state index < -0.39 is 5.91 Å². The number of carbonyl (C=O) groups is 1. The molecule has 0 aliphatic carbocycles. The number of primary amides is 1. The first-order valence-electron chi connectivity index (χ1n) is 9.26. The van der Waals surface area contributed by atoms with Crippen molar-refractivity contribution in [3.05, 3.63) is 77.5 Å². The summed E-state index contributed by atoms with van der Waals surface area (Å²) in [6.45, 7) is 5.76. The van der Waals surface area contributed by atoms with Crippen LogP contribution in [0.3, 0.4) is 0 Å². The van der Waals surface area contributed by atoms with Crippen LogP contribution >= 0.6 is 0 Å². The predicted octanol–water partition coefficient (Wildman–Crippen LogP) is 4.82. The van der Waals surface area contributed by atoms with Gasteiger partial charge in [-0.25, -0.2) is 9.97 Å². The summed E-state index contributed by atoms with van der Waals surface area (Å²) in [6, 6.07) is 17.7. The minimum atomic E-state index is -0.440. The smallest absolute Gasteiger partial charge is 0.248 e. The van der Waals surface area contributed by atoms with Gasteiger partial charge in [0.2, 0.25) is 5.91 Å². The molecule has 0 radical (unpaired) electrons. The Hall–Kier alpha value is -3.47. The first kappa shape index (κ1) is 19.3. The van der Waals surface area contributed by atoms with Crippen LogP contribution in [0.2, 0.25) is 0 Å². The summed E-state index contributed by atoms with van der Waals surface area (Å²) in [4.78, 5) is 21.2. The molecule has 0 aliphatic rings. The Morgan fingerprint density at radius 3 is 2.36 bits per heavy atom. The highest BCUT2D eigenvalue weighted by Gasteiger charge is 2.11. The van der Waals surface area contributed by atoms with Gasteiger partial charge in [-0.1, -0.05) is 55.0 Å². The molecule has 0 fully saturated rings. The second-order valence-corrected chi connectivity index (χ2v) is 6.71. The van der Waals surface area contributed by atoms with Gasteiger partial charge < -0.3 is 11.1 Å². The third-order valence-electron chi connectivity index (χ3n) is 4.42. The Bertz CT molecular complexity index is 1060. The number of amides is 1. The first-order valence-corrected chi connectivity index (χ1v) is 9.26. The van der Waals surface area contributed by atoms with Crippen LogP contribution < -0.4 is 11.1 Å². The van der Waals surface area contributed by atoms with E-state index in [-0.39, 0.29) is 0 Å². The average Bonchev–Trinajstić information content (AvgIpc) is 2.70. The standard InChI is InChI=1S/C23H24N4O/c1-4-17(14-19(15(2)3)21(24)28)25-23-18-12-8-9-13-20(18)26-22(27-23)16-10-6-5-7-11-16/h5-14H,4H2,1-3H3,(H2,24,28)(H,25,26,27)/b17-14+. The summed E-state index contributed by atoms with van der Waals surface area (Å²) in [5.41, 5.74) is 9.57. The quantitative estimate of drug-likeness (QED) is 0.480. The fourth-order valence-corrected chi connectivity index (χ4v) is 2.90. The number of aromatic nitrogens is 2. The van der Waals surface area contributed by atoms with Gasteiger partial charge >= 0.3 is 0 Å².